The number of anilines is 1. The molecular weight excluding hydrogens is 331 g/mol. The minimum atomic E-state index is -0.620. The molecule has 0 aromatic heterocycles. The van der Waals surface area contributed by atoms with Gasteiger partial charge in [-0.2, -0.15) is 0 Å². The number of nitrogens with zero attached hydrogens (tertiary/aromatic N) is 2. The zero-order chi connectivity index (χ0) is 15.8. The predicted octanol–water partition coefficient (Wildman–Crippen LogP) is 2.20. The van der Waals surface area contributed by atoms with Crippen LogP contribution in [0.3, 0.4) is 0 Å². The second-order valence-electron chi connectivity index (χ2n) is 5.90. The molecule has 0 fully saturated rings. The van der Waals surface area contributed by atoms with Crippen LogP contribution in [-0.4, -0.2) is 34.2 Å². The first-order valence-electron chi connectivity index (χ1n) is 7.14. The third kappa shape index (κ3) is 2.71. The predicted molar refractivity (Wildman–Crippen MR) is 83.4 cm³/mol. The van der Waals surface area contributed by atoms with Crippen molar-refractivity contribution in [1.82, 2.24) is 0 Å². The molecule has 21 heavy (non-hydrogen) atoms. The Hall–Kier alpha value is -1.35. The van der Waals surface area contributed by atoms with Crippen molar-refractivity contribution in [2.75, 3.05) is 11.4 Å². The molecule has 0 N–H and O–H groups in total. The first-order chi connectivity index (χ1) is 9.80. The van der Waals surface area contributed by atoms with Crippen molar-refractivity contribution in [2.45, 2.75) is 45.4 Å². The van der Waals surface area contributed by atoms with Crippen molar-refractivity contribution >= 4 is 38.5 Å². The number of carbonyl (C=O) groups is 1. The molecule has 1 amide bonds. The third-order valence-corrected chi connectivity index (χ3v) is 4.77. The summed E-state index contributed by atoms with van der Waals surface area (Å²) in [5, 5.41) is 11.1. The zero-order valence-electron chi connectivity index (χ0n) is 12.5. The number of hydrogen-bond donors (Lipinski definition) is 0. The second-order valence-corrected chi connectivity index (χ2v) is 6.91. The van der Waals surface area contributed by atoms with Crippen molar-refractivity contribution in [3.63, 3.8) is 0 Å². The summed E-state index contributed by atoms with van der Waals surface area (Å²) < 4.78 is 0.544. The SMILES string of the molecule is CCCCCN1C(=O)C(C)(C)c2cc([As])c([N+](=O)[O-])cc21. The van der Waals surface area contributed by atoms with Crippen LogP contribution in [0.15, 0.2) is 12.1 Å². The molecule has 1 aromatic carbocycles. The number of carbonyl (C=O) groups excluding carboxylic acids is 1. The van der Waals surface area contributed by atoms with Crippen molar-refractivity contribution in [1.29, 1.82) is 0 Å². The van der Waals surface area contributed by atoms with E-state index in [-0.39, 0.29) is 11.6 Å². The van der Waals surface area contributed by atoms with E-state index < -0.39 is 10.3 Å². The fraction of sp³-hybridized carbons (Fsp3) is 0.533. The van der Waals surface area contributed by atoms with Crippen LogP contribution >= 0.6 is 0 Å². The van der Waals surface area contributed by atoms with Gasteiger partial charge in [0, 0.05) is 0 Å². The fourth-order valence-corrected chi connectivity index (χ4v) is 3.32. The van der Waals surface area contributed by atoms with Gasteiger partial charge in [0.2, 0.25) is 0 Å². The molecule has 0 saturated heterocycles. The van der Waals surface area contributed by atoms with Crippen molar-refractivity contribution in [3.05, 3.63) is 27.8 Å². The molecule has 1 aromatic rings. The standard InChI is InChI=1S/C15H19AsN2O3/c1-4-5-6-7-17-12-9-13(18(20)21)11(16)8-10(12)15(2,3)14(17)19/h8-9H,4-7H2,1-3H3. The van der Waals surface area contributed by atoms with Gasteiger partial charge in [0.25, 0.3) is 0 Å². The average Bonchev–Trinajstić information content (AvgIpc) is 2.59. The molecule has 0 bridgehead atoms. The topological polar surface area (TPSA) is 63.5 Å². The van der Waals surface area contributed by atoms with E-state index in [9.17, 15) is 14.9 Å². The van der Waals surface area contributed by atoms with Gasteiger partial charge in [-0.15, -0.1) is 0 Å². The van der Waals surface area contributed by atoms with E-state index in [0.29, 0.717) is 16.6 Å². The minimum absolute atomic E-state index is 0.0287. The Morgan fingerprint density at radius 3 is 2.57 bits per heavy atom. The van der Waals surface area contributed by atoms with Crippen LogP contribution in [0.4, 0.5) is 11.4 Å². The summed E-state index contributed by atoms with van der Waals surface area (Å²) >= 11 is 2.23. The van der Waals surface area contributed by atoms with Gasteiger partial charge in [0.1, 0.15) is 0 Å². The van der Waals surface area contributed by atoms with Gasteiger partial charge >= 0.3 is 133 Å². The van der Waals surface area contributed by atoms with Crippen LogP contribution in [-0.2, 0) is 10.2 Å². The Balaban J connectivity index is 2.48. The number of hydrogen-bond acceptors (Lipinski definition) is 3. The zero-order valence-corrected chi connectivity index (χ0v) is 14.4. The number of amides is 1. The van der Waals surface area contributed by atoms with E-state index in [4.69, 9.17) is 0 Å². The monoisotopic (exact) mass is 350 g/mol. The summed E-state index contributed by atoms with van der Waals surface area (Å²) in [5.74, 6) is 0.0287. The van der Waals surface area contributed by atoms with Crippen LogP contribution in [0, 0.1) is 10.1 Å². The molecule has 0 atom stereocenters. The summed E-state index contributed by atoms with van der Waals surface area (Å²) in [6.07, 6.45) is 3.03. The Morgan fingerprint density at radius 2 is 2.00 bits per heavy atom. The molecule has 1 aliphatic heterocycles. The van der Waals surface area contributed by atoms with Gasteiger partial charge in [-0.1, -0.05) is 0 Å². The number of nitro groups is 1. The molecule has 2 radical (unpaired) electrons. The van der Waals surface area contributed by atoms with Crippen molar-refractivity contribution < 1.29 is 9.72 Å². The number of rotatable bonds is 5. The fourth-order valence-electron chi connectivity index (χ4n) is 2.74. The normalized spacial score (nSPS) is 16.2. The van der Waals surface area contributed by atoms with Crippen LogP contribution in [0.1, 0.15) is 45.6 Å². The first kappa shape index (κ1) is 16.0. The summed E-state index contributed by atoms with van der Waals surface area (Å²) in [7, 11) is 0. The molecular formula is C15H19AsN2O3. The van der Waals surface area contributed by atoms with Gasteiger partial charge in [0.05, 0.1) is 0 Å². The Bertz CT molecular complexity index is 599. The molecule has 1 aliphatic rings. The average molecular weight is 350 g/mol. The molecule has 2 rings (SSSR count). The van der Waals surface area contributed by atoms with Gasteiger partial charge in [-0.3, -0.25) is 0 Å². The summed E-state index contributed by atoms with van der Waals surface area (Å²) in [6.45, 7) is 6.49. The number of nitro benzene ring substituents is 1. The number of fused-ring (bicyclic) bond motifs is 1. The summed E-state index contributed by atoms with van der Waals surface area (Å²) in [5.41, 5.74) is 1.01. The molecule has 1 heterocycles. The van der Waals surface area contributed by atoms with E-state index in [0.717, 1.165) is 24.8 Å². The second kappa shape index (κ2) is 5.80. The van der Waals surface area contributed by atoms with Crippen LogP contribution < -0.4 is 9.25 Å². The van der Waals surface area contributed by atoms with Crippen molar-refractivity contribution in [3.8, 4) is 0 Å². The molecule has 0 saturated carbocycles. The maximum absolute atomic E-state index is 12.6. The van der Waals surface area contributed by atoms with E-state index in [2.05, 4.69) is 23.8 Å². The third-order valence-electron chi connectivity index (χ3n) is 4.02. The molecule has 6 heteroatoms. The maximum atomic E-state index is 12.6. The van der Waals surface area contributed by atoms with Crippen LogP contribution in [0.2, 0.25) is 0 Å². The molecule has 0 spiro atoms. The Labute approximate surface area is 133 Å². The van der Waals surface area contributed by atoms with E-state index in [1.165, 1.54) is 0 Å². The molecule has 112 valence electrons. The molecule has 5 nitrogen and oxygen atoms in total. The van der Waals surface area contributed by atoms with E-state index >= 15 is 0 Å². The molecule has 0 aliphatic carbocycles. The number of benzene rings is 1. The van der Waals surface area contributed by atoms with Crippen LogP contribution in [0.5, 0.6) is 0 Å². The van der Waals surface area contributed by atoms with Crippen molar-refractivity contribution in [2.24, 2.45) is 0 Å². The molecule has 0 unspecified atom stereocenters. The first-order valence-corrected chi connectivity index (χ1v) is 8.08. The summed E-state index contributed by atoms with van der Waals surface area (Å²) in [4.78, 5) is 25.1. The summed E-state index contributed by atoms with van der Waals surface area (Å²) in [6, 6.07) is 3.31. The Kier molecular flexibility index (Phi) is 4.43. The van der Waals surface area contributed by atoms with E-state index in [1.54, 1.807) is 17.0 Å². The quantitative estimate of drug-likeness (QED) is 0.354. The van der Waals surface area contributed by atoms with Gasteiger partial charge < -0.3 is 0 Å². The van der Waals surface area contributed by atoms with Gasteiger partial charge in [-0.05, 0) is 0 Å². The van der Waals surface area contributed by atoms with Gasteiger partial charge in [0.15, 0.2) is 0 Å². The van der Waals surface area contributed by atoms with Gasteiger partial charge in [-0.25, -0.2) is 0 Å². The Morgan fingerprint density at radius 1 is 1.33 bits per heavy atom. The van der Waals surface area contributed by atoms with E-state index in [1.807, 2.05) is 13.8 Å². The van der Waals surface area contributed by atoms with Crippen LogP contribution in [0.25, 0.3) is 0 Å². The number of unbranched alkanes of at least 4 members (excludes halogenated alkanes) is 2.